The quantitative estimate of drug-likeness (QED) is 0.795. The van der Waals surface area contributed by atoms with Gasteiger partial charge in [0.1, 0.15) is 12.4 Å². The molecule has 1 aromatic rings. The standard InChI is InChI=1S/C10H11FN2O2/c11-8-3-1-2-4-9(8)13-7(5-12)6-15-10(13)14/h1-4,7H,5-6,12H2. The van der Waals surface area contributed by atoms with Crippen molar-refractivity contribution in [1.29, 1.82) is 0 Å². The molecule has 1 saturated heterocycles. The Balaban J connectivity index is 2.36. The minimum Gasteiger partial charge on any atom is -0.447 e. The van der Waals surface area contributed by atoms with Crippen molar-refractivity contribution in [3.8, 4) is 0 Å². The third-order valence-corrected chi connectivity index (χ3v) is 2.35. The van der Waals surface area contributed by atoms with Gasteiger partial charge in [0.15, 0.2) is 0 Å². The summed E-state index contributed by atoms with van der Waals surface area (Å²) in [6, 6.07) is 5.78. The smallest absolute Gasteiger partial charge is 0.414 e. The van der Waals surface area contributed by atoms with Crippen molar-refractivity contribution in [2.75, 3.05) is 18.1 Å². The van der Waals surface area contributed by atoms with Gasteiger partial charge in [0, 0.05) is 6.54 Å². The molecule has 0 bridgehead atoms. The van der Waals surface area contributed by atoms with Crippen LogP contribution < -0.4 is 10.6 Å². The Morgan fingerprint density at radius 3 is 2.93 bits per heavy atom. The maximum atomic E-state index is 13.4. The first kappa shape index (κ1) is 9.92. The highest BCUT2D eigenvalue weighted by atomic mass is 19.1. The van der Waals surface area contributed by atoms with E-state index in [2.05, 4.69) is 0 Å². The number of ether oxygens (including phenoxy) is 1. The van der Waals surface area contributed by atoms with Crippen LogP contribution in [0.2, 0.25) is 0 Å². The number of nitrogens with zero attached hydrogens (tertiary/aromatic N) is 1. The van der Waals surface area contributed by atoms with E-state index in [-0.39, 0.29) is 24.9 Å². The molecule has 1 amide bonds. The second-order valence-corrected chi connectivity index (χ2v) is 3.29. The number of rotatable bonds is 2. The molecule has 0 saturated carbocycles. The maximum Gasteiger partial charge on any atom is 0.414 e. The minimum atomic E-state index is -0.546. The molecule has 2 N–H and O–H groups in total. The van der Waals surface area contributed by atoms with Gasteiger partial charge in [0.2, 0.25) is 0 Å². The first-order valence-corrected chi connectivity index (χ1v) is 4.64. The number of amides is 1. The van der Waals surface area contributed by atoms with E-state index < -0.39 is 11.9 Å². The molecule has 1 aromatic carbocycles. The van der Waals surface area contributed by atoms with Gasteiger partial charge in [-0.25, -0.2) is 9.18 Å². The third kappa shape index (κ3) is 1.66. The molecule has 2 rings (SSSR count). The van der Waals surface area contributed by atoms with Crippen LogP contribution >= 0.6 is 0 Å². The molecule has 1 fully saturated rings. The first-order chi connectivity index (χ1) is 7.24. The number of anilines is 1. The second-order valence-electron chi connectivity index (χ2n) is 3.29. The molecule has 0 aromatic heterocycles. The Morgan fingerprint density at radius 1 is 1.53 bits per heavy atom. The lowest BCUT2D eigenvalue weighted by Gasteiger charge is -2.20. The van der Waals surface area contributed by atoms with Crippen molar-refractivity contribution in [3.05, 3.63) is 30.1 Å². The maximum absolute atomic E-state index is 13.4. The highest BCUT2D eigenvalue weighted by Gasteiger charge is 2.34. The molecule has 80 valence electrons. The summed E-state index contributed by atoms with van der Waals surface area (Å²) < 4.78 is 18.3. The zero-order valence-electron chi connectivity index (χ0n) is 8.02. The van der Waals surface area contributed by atoms with Gasteiger partial charge in [0.25, 0.3) is 0 Å². The van der Waals surface area contributed by atoms with E-state index in [1.54, 1.807) is 12.1 Å². The van der Waals surface area contributed by atoms with Crippen molar-refractivity contribution in [2.24, 2.45) is 5.73 Å². The number of carbonyl (C=O) groups excluding carboxylic acids is 1. The fourth-order valence-corrected chi connectivity index (χ4v) is 1.58. The molecule has 1 atom stereocenters. The van der Waals surface area contributed by atoms with E-state index in [4.69, 9.17) is 10.5 Å². The first-order valence-electron chi connectivity index (χ1n) is 4.64. The highest BCUT2D eigenvalue weighted by molar-refractivity contribution is 5.90. The molecular formula is C10H11FN2O2. The number of carbonyl (C=O) groups is 1. The zero-order valence-corrected chi connectivity index (χ0v) is 8.02. The Kier molecular flexibility index (Phi) is 2.55. The molecule has 1 unspecified atom stereocenters. The number of halogens is 1. The van der Waals surface area contributed by atoms with Crippen LogP contribution in [0.4, 0.5) is 14.9 Å². The summed E-state index contributed by atoms with van der Waals surface area (Å²) in [5, 5.41) is 0. The normalized spacial score (nSPS) is 20.5. The predicted molar refractivity (Wildman–Crippen MR) is 53.1 cm³/mol. The van der Waals surface area contributed by atoms with Gasteiger partial charge in [-0.05, 0) is 12.1 Å². The van der Waals surface area contributed by atoms with Crippen LogP contribution in [0.1, 0.15) is 0 Å². The lowest BCUT2D eigenvalue weighted by Crippen LogP contribution is -2.39. The monoisotopic (exact) mass is 210 g/mol. The van der Waals surface area contributed by atoms with Crippen LogP contribution in [0.3, 0.4) is 0 Å². The van der Waals surface area contributed by atoms with Gasteiger partial charge in [-0.2, -0.15) is 0 Å². The molecule has 0 radical (unpaired) electrons. The molecule has 0 aliphatic carbocycles. The fourth-order valence-electron chi connectivity index (χ4n) is 1.58. The summed E-state index contributed by atoms with van der Waals surface area (Å²) in [5.41, 5.74) is 5.70. The second kappa shape index (κ2) is 3.86. The highest BCUT2D eigenvalue weighted by Crippen LogP contribution is 2.25. The van der Waals surface area contributed by atoms with E-state index >= 15 is 0 Å². The van der Waals surface area contributed by atoms with E-state index in [1.807, 2.05) is 0 Å². The van der Waals surface area contributed by atoms with E-state index in [0.717, 1.165) is 0 Å². The molecule has 15 heavy (non-hydrogen) atoms. The number of benzene rings is 1. The zero-order chi connectivity index (χ0) is 10.8. The Labute approximate surface area is 86.4 Å². The van der Waals surface area contributed by atoms with Gasteiger partial charge >= 0.3 is 6.09 Å². The summed E-state index contributed by atoms with van der Waals surface area (Å²) in [7, 11) is 0. The lowest BCUT2D eigenvalue weighted by molar-refractivity contribution is 0.179. The van der Waals surface area contributed by atoms with Crippen molar-refractivity contribution >= 4 is 11.8 Å². The largest absolute Gasteiger partial charge is 0.447 e. The molecule has 4 nitrogen and oxygen atoms in total. The van der Waals surface area contributed by atoms with Gasteiger partial charge in [0.05, 0.1) is 11.7 Å². The van der Waals surface area contributed by atoms with E-state index in [9.17, 15) is 9.18 Å². The number of cyclic esters (lactones) is 1. The van der Waals surface area contributed by atoms with Gasteiger partial charge in [-0.1, -0.05) is 12.1 Å². The minimum absolute atomic E-state index is 0.212. The van der Waals surface area contributed by atoms with Crippen molar-refractivity contribution in [1.82, 2.24) is 0 Å². The van der Waals surface area contributed by atoms with Gasteiger partial charge in [-0.3, -0.25) is 4.90 Å². The molecule has 5 heteroatoms. The van der Waals surface area contributed by atoms with Gasteiger partial charge in [-0.15, -0.1) is 0 Å². The SMILES string of the molecule is NCC1COC(=O)N1c1ccccc1F. The van der Waals surface area contributed by atoms with Crippen LogP contribution in [0.5, 0.6) is 0 Å². The van der Waals surface area contributed by atoms with Crippen molar-refractivity contribution in [3.63, 3.8) is 0 Å². The van der Waals surface area contributed by atoms with Gasteiger partial charge < -0.3 is 10.5 Å². The van der Waals surface area contributed by atoms with Crippen molar-refractivity contribution < 1.29 is 13.9 Å². The van der Waals surface area contributed by atoms with Crippen molar-refractivity contribution in [2.45, 2.75) is 6.04 Å². The Hall–Kier alpha value is -1.62. The summed E-state index contributed by atoms with van der Waals surface area (Å²) in [6.45, 7) is 0.462. The number of nitrogens with two attached hydrogens (primary N) is 1. The molecule has 1 aliphatic rings. The van der Waals surface area contributed by atoms with E-state index in [0.29, 0.717) is 0 Å². The summed E-state index contributed by atoms with van der Waals surface area (Å²) >= 11 is 0. The average Bonchev–Trinajstić information content (AvgIpc) is 2.60. The number of para-hydroxylation sites is 1. The molecular weight excluding hydrogens is 199 g/mol. The van der Waals surface area contributed by atoms with E-state index in [1.165, 1.54) is 17.0 Å². The molecule has 1 aliphatic heterocycles. The molecule has 1 heterocycles. The topological polar surface area (TPSA) is 55.6 Å². The predicted octanol–water partition coefficient (Wildman–Crippen LogP) is 1.11. The summed E-state index contributed by atoms with van der Waals surface area (Å²) in [6.07, 6.45) is -0.546. The lowest BCUT2D eigenvalue weighted by atomic mass is 10.2. The summed E-state index contributed by atoms with van der Waals surface area (Å²) in [5.74, 6) is -0.449. The third-order valence-electron chi connectivity index (χ3n) is 2.35. The van der Waals surface area contributed by atoms with Crippen LogP contribution in [0.25, 0.3) is 0 Å². The van der Waals surface area contributed by atoms with Crippen LogP contribution in [0.15, 0.2) is 24.3 Å². The number of hydrogen-bond donors (Lipinski definition) is 1. The Morgan fingerprint density at radius 2 is 2.27 bits per heavy atom. The molecule has 0 spiro atoms. The summed E-state index contributed by atoms with van der Waals surface area (Å²) in [4.78, 5) is 12.6. The fraction of sp³-hybridized carbons (Fsp3) is 0.300. The van der Waals surface area contributed by atoms with Crippen LogP contribution in [-0.4, -0.2) is 25.3 Å². The van der Waals surface area contributed by atoms with Crippen LogP contribution in [0, 0.1) is 5.82 Å². The Bertz CT molecular complexity index is 383. The average molecular weight is 210 g/mol. The van der Waals surface area contributed by atoms with Crippen LogP contribution in [-0.2, 0) is 4.74 Å². The number of hydrogen-bond acceptors (Lipinski definition) is 3.